The zero-order valence-electron chi connectivity index (χ0n) is 22.6. The summed E-state index contributed by atoms with van der Waals surface area (Å²) in [4.78, 5) is 31.6. The van der Waals surface area contributed by atoms with E-state index in [9.17, 15) is 9.59 Å². The fourth-order valence-electron chi connectivity index (χ4n) is 4.27. The Kier molecular flexibility index (Phi) is 9.49. The number of hydrogen-bond acceptors (Lipinski definition) is 9. The fourth-order valence-corrected chi connectivity index (χ4v) is 5.69. The van der Waals surface area contributed by atoms with Gasteiger partial charge in [0.15, 0.2) is 27.8 Å². The van der Waals surface area contributed by atoms with Crippen LogP contribution in [0.25, 0.3) is 6.08 Å². The van der Waals surface area contributed by atoms with E-state index in [1.807, 2.05) is 19.9 Å². The molecule has 0 amide bonds. The van der Waals surface area contributed by atoms with Gasteiger partial charge in [-0.25, -0.2) is 9.79 Å². The number of aromatic nitrogens is 1. The highest BCUT2D eigenvalue weighted by molar-refractivity contribution is 9.10. The first-order valence-electron chi connectivity index (χ1n) is 12.5. The Morgan fingerprint density at radius 1 is 1.10 bits per heavy atom. The minimum Gasteiger partial charge on any atom is -0.493 e. The number of halogens is 1. The van der Waals surface area contributed by atoms with Crippen molar-refractivity contribution in [3.63, 3.8) is 0 Å². The fraction of sp³-hybridized carbons (Fsp3) is 0.276. The molecule has 210 valence electrons. The molecule has 0 unspecified atom stereocenters. The zero-order chi connectivity index (χ0) is 28.8. The van der Waals surface area contributed by atoms with Gasteiger partial charge in [0, 0.05) is 16.2 Å². The van der Waals surface area contributed by atoms with E-state index in [1.54, 1.807) is 43.5 Å². The third-order valence-electron chi connectivity index (χ3n) is 5.91. The van der Waals surface area contributed by atoms with Crippen LogP contribution in [0.2, 0.25) is 0 Å². The second-order valence-corrected chi connectivity index (χ2v) is 10.3. The molecule has 2 aromatic carbocycles. The van der Waals surface area contributed by atoms with Gasteiger partial charge in [-0.2, -0.15) is 0 Å². The smallest absolute Gasteiger partial charge is 0.337 e. The molecule has 11 heteroatoms. The maximum atomic E-state index is 13.9. The van der Waals surface area contributed by atoms with Gasteiger partial charge >= 0.3 is 5.97 Å². The molecule has 3 aromatic rings. The van der Waals surface area contributed by atoms with Crippen molar-refractivity contribution >= 4 is 39.3 Å². The number of thiazole rings is 1. The van der Waals surface area contributed by atoms with Gasteiger partial charge in [0.2, 0.25) is 0 Å². The molecule has 40 heavy (non-hydrogen) atoms. The van der Waals surface area contributed by atoms with Gasteiger partial charge in [-0.1, -0.05) is 46.0 Å². The van der Waals surface area contributed by atoms with E-state index in [0.717, 1.165) is 4.47 Å². The van der Waals surface area contributed by atoms with Crippen molar-refractivity contribution in [3.05, 3.63) is 90.0 Å². The average molecular weight is 630 g/mol. The standard InChI is InChI=1S/C29H29BrN2O7S/c1-6-11-39-26-18(12-19(30)15-23(26)35-4)14-24-27(33)32-25(20(28(34)36-5)16-31-29(32)40-24)17-9-10-21(37-7-2)22(13-17)38-8-3/h6,9-10,12-16,25H,1,7-8,11H2,2-5H3/b24-14+/t25-/m0/s1. The van der Waals surface area contributed by atoms with E-state index >= 15 is 0 Å². The number of hydrogen-bond donors (Lipinski definition) is 0. The molecular formula is C29H29BrN2O7S. The summed E-state index contributed by atoms with van der Waals surface area (Å²) < 4.78 is 30.6. The van der Waals surface area contributed by atoms with Crippen LogP contribution in [0.1, 0.15) is 31.0 Å². The number of benzene rings is 2. The number of fused-ring (bicyclic) bond motifs is 1. The third-order valence-corrected chi connectivity index (χ3v) is 7.36. The molecule has 9 nitrogen and oxygen atoms in total. The van der Waals surface area contributed by atoms with Crippen LogP contribution in [0.3, 0.4) is 0 Å². The molecule has 0 N–H and O–H groups in total. The monoisotopic (exact) mass is 628 g/mol. The van der Waals surface area contributed by atoms with Gasteiger partial charge in [0.1, 0.15) is 6.61 Å². The normalized spacial score (nSPS) is 14.5. The molecular weight excluding hydrogens is 600 g/mol. The summed E-state index contributed by atoms with van der Waals surface area (Å²) >= 11 is 4.70. The first-order valence-corrected chi connectivity index (χ1v) is 14.1. The highest BCUT2D eigenvalue weighted by Gasteiger charge is 2.31. The van der Waals surface area contributed by atoms with Crippen molar-refractivity contribution in [2.24, 2.45) is 4.99 Å². The Labute approximate surface area is 243 Å². The molecule has 4 rings (SSSR count). The van der Waals surface area contributed by atoms with E-state index in [0.29, 0.717) is 56.7 Å². The average Bonchev–Trinajstić information content (AvgIpc) is 3.27. The second kappa shape index (κ2) is 13.0. The number of carbonyl (C=O) groups excluding carboxylic acids is 1. The Bertz CT molecular complexity index is 1640. The number of esters is 1. The summed E-state index contributed by atoms with van der Waals surface area (Å²) in [6, 6.07) is 8.16. The lowest BCUT2D eigenvalue weighted by Gasteiger charge is -2.23. The van der Waals surface area contributed by atoms with Crippen molar-refractivity contribution in [3.8, 4) is 23.0 Å². The summed E-state index contributed by atoms with van der Waals surface area (Å²) in [7, 11) is 2.84. The lowest BCUT2D eigenvalue weighted by atomic mass is 9.97. The van der Waals surface area contributed by atoms with Crippen molar-refractivity contribution in [1.29, 1.82) is 0 Å². The number of ether oxygens (including phenoxy) is 5. The minimum absolute atomic E-state index is 0.215. The Hall–Kier alpha value is -3.83. The largest absolute Gasteiger partial charge is 0.493 e. The predicted octanol–water partition coefficient (Wildman–Crippen LogP) is 4.15. The molecule has 0 spiro atoms. The predicted molar refractivity (Wildman–Crippen MR) is 156 cm³/mol. The van der Waals surface area contributed by atoms with Gasteiger partial charge < -0.3 is 23.7 Å². The van der Waals surface area contributed by atoms with Gasteiger partial charge in [0.25, 0.3) is 5.56 Å². The van der Waals surface area contributed by atoms with E-state index in [2.05, 4.69) is 27.5 Å². The Morgan fingerprint density at radius 3 is 2.52 bits per heavy atom. The molecule has 0 aliphatic carbocycles. The number of nitrogens with zero attached hydrogens (tertiary/aromatic N) is 2. The minimum atomic E-state index is -0.797. The van der Waals surface area contributed by atoms with Crippen LogP contribution in [-0.2, 0) is 9.53 Å². The summed E-state index contributed by atoms with van der Waals surface area (Å²) in [6.07, 6.45) is 4.79. The molecule has 0 radical (unpaired) electrons. The highest BCUT2D eigenvalue weighted by atomic mass is 79.9. The molecule has 1 aliphatic heterocycles. The van der Waals surface area contributed by atoms with Crippen LogP contribution in [0.15, 0.2) is 69.0 Å². The molecule has 1 atom stereocenters. The Balaban J connectivity index is 1.93. The van der Waals surface area contributed by atoms with E-state index in [1.165, 1.54) is 29.2 Å². The third kappa shape index (κ3) is 5.85. The molecule has 0 fully saturated rings. The topological polar surface area (TPSA) is 97.6 Å². The van der Waals surface area contributed by atoms with Crippen LogP contribution in [0.4, 0.5) is 0 Å². The second-order valence-electron chi connectivity index (χ2n) is 8.37. The molecule has 2 heterocycles. The van der Waals surface area contributed by atoms with Gasteiger partial charge in [-0.3, -0.25) is 9.36 Å². The lowest BCUT2D eigenvalue weighted by Crippen LogP contribution is -2.39. The van der Waals surface area contributed by atoms with Crippen LogP contribution >= 0.6 is 27.3 Å². The zero-order valence-corrected chi connectivity index (χ0v) is 25.0. The lowest BCUT2D eigenvalue weighted by molar-refractivity contribution is -0.136. The van der Waals surface area contributed by atoms with Crippen LogP contribution in [0.5, 0.6) is 23.0 Å². The summed E-state index contributed by atoms with van der Waals surface area (Å²) in [6.45, 7) is 8.59. The number of rotatable bonds is 11. The Morgan fingerprint density at radius 2 is 1.85 bits per heavy atom. The SMILES string of the molecule is C=CCOc1c(/C=c2/sc3n(c2=O)[C@@H](c2ccc(OCC)c(OCC)c2)C(C(=O)OC)=CN=3)cc(Br)cc1OC. The maximum absolute atomic E-state index is 13.9. The number of carbonyl (C=O) groups is 1. The van der Waals surface area contributed by atoms with Crippen molar-refractivity contribution in [2.45, 2.75) is 19.9 Å². The first-order chi connectivity index (χ1) is 19.4. The molecule has 1 aliphatic rings. The first kappa shape index (κ1) is 29.2. The van der Waals surface area contributed by atoms with Gasteiger partial charge in [-0.05, 0) is 49.8 Å². The van der Waals surface area contributed by atoms with E-state index in [4.69, 9.17) is 23.7 Å². The van der Waals surface area contributed by atoms with Crippen molar-refractivity contribution in [2.75, 3.05) is 34.0 Å². The molecule has 1 aromatic heterocycles. The maximum Gasteiger partial charge on any atom is 0.337 e. The van der Waals surface area contributed by atoms with Crippen LogP contribution in [-0.4, -0.2) is 44.6 Å². The van der Waals surface area contributed by atoms with E-state index < -0.39 is 12.0 Å². The van der Waals surface area contributed by atoms with Crippen molar-refractivity contribution < 1.29 is 28.5 Å². The molecule has 0 saturated carbocycles. The highest BCUT2D eigenvalue weighted by Crippen LogP contribution is 2.36. The van der Waals surface area contributed by atoms with Crippen LogP contribution < -0.4 is 33.8 Å². The van der Waals surface area contributed by atoms with Crippen LogP contribution in [0, 0.1) is 0 Å². The summed E-state index contributed by atoms with van der Waals surface area (Å²) in [5.41, 5.74) is 1.16. The van der Waals surface area contributed by atoms with Gasteiger partial charge in [-0.15, -0.1) is 0 Å². The van der Waals surface area contributed by atoms with E-state index in [-0.39, 0.29) is 17.7 Å². The summed E-state index contributed by atoms with van der Waals surface area (Å²) in [5.74, 6) is 1.46. The quantitative estimate of drug-likeness (QED) is 0.232. The molecule has 0 saturated heterocycles. The summed E-state index contributed by atoms with van der Waals surface area (Å²) in [5, 5.41) is 0. The molecule has 0 bridgehead atoms. The number of methoxy groups -OCH3 is 2. The van der Waals surface area contributed by atoms with Gasteiger partial charge in [0.05, 0.1) is 43.6 Å². The van der Waals surface area contributed by atoms with Crippen molar-refractivity contribution in [1.82, 2.24) is 4.57 Å².